The van der Waals surface area contributed by atoms with Crippen molar-refractivity contribution in [3.63, 3.8) is 0 Å². The van der Waals surface area contributed by atoms with Gasteiger partial charge in [0, 0.05) is 18.8 Å². The molecule has 0 bridgehead atoms. The van der Waals surface area contributed by atoms with Gasteiger partial charge in [0.15, 0.2) is 0 Å². The number of fused-ring (bicyclic) bond motifs is 1. The largest absolute Gasteiger partial charge is 0.347 e. The van der Waals surface area contributed by atoms with E-state index in [1.807, 2.05) is 7.05 Å². The summed E-state index contributed by atoms with van der Waals surface area (Å²) in [6, 6.07) is 9.50. The van der Waals surface area contributed by atoms with Crippen molar-refractivity contribution in [3.05, 3.63) is 36.0 Å². The van der Waals surface area contributed by atoms with Crippen molar-refractivity contribution >= 4 is 10.9 Å². The average molecular weight is 256 g/mol. The first-order valence-corrected chi connectivity index (χ1v) is 7.52. The van der Waals surface area contributed by atoms with Gasteiger partial charge in [0.1, 0.15) is 0 Å². The molecule has 1 saturated carbocycles. The Balaban J connectivity index is 1.93. The Morgan fingerprint density at radius 1 is 1.32 bits per heavy atom. The lowest BCUT2D eigenvalue weighted by Crippen LogP contribution is -2.24. The van der Waals surface area contributed by atoms with E-state index in [-0.39, 0.29) is 0 Å². The van der Waals surface area contributed by atoms with E-state index in [4.69, 9.17) is 0 Å². The second-order valence-electron chi connectivity index (χ2n) is 6.01. The first kappa shape index (κ1) is 12.7. The van der Waals surface area contributed by atoms with Crippen LogP contribution in [-0.2, 0) is 13.0 Å². The van der Waals surface area contributed by atoms with E-state index in [2.05, 4.69) is 47.3 Å². The maximum atomic E-state index is 3.34. The lowest BCUT2D eigenvalue weighted by Gasteiger charge is -2.26. The molecule has 1 aliphatic carbocycles. The summed E-state index contributed by atoms with van der Waals surface area (Å²) in [4.78, 5) is 0. The smallest absolute Gasteiger partial charge is 0.0513 e. The lowest BCUT2D eigenvalue weighted by atomic mass is 9.85. The zero-order valence-corrected chi connectivity index (χ0v) is 12.0. The van der Waals surface area contributed by atoms with Gasteiger partial charge >= 0.3 is 0 Å². The average Bonchev–Trinajstić information content (AvgIpc) is 2.78. The third-order valence-electron chi connectivity index (χ3n) is 4.57. The molecule has 1 fully saturated rings. The number of nitrogens with zero attached hydrogens (tertiary/aromatic N) is 1. The van der Waals surface area contributed by atoms with Crippen molar-refractivity contribution in [2.24, 2.45) is 5.92 Å². The van der Waals surface area contributed by atoms with Crippen LogP contribution in [0.4, 0.5) is 0 Å². The maximum absolute atomic E-state index is 3.34. The van der Waals surface area contributed by atoms with Gasteiger partial charge in [-0.1, -0.05) is 24.6 Å². The number of aromatic nitrogens is 1. The molecule has 1 heterocycles. The Labute approximate surface area is 115 Å². The van der Waals surface area contributed by atoms with E-state index < -0.39 is 0 Å². The molecule has 3 rings (SSSR count). The number of hydrogen-bond acceptors (Lipinski definition) is 1. The van der Waals surface area contributed by atoms with Gasteiger partial charge in [0.2, 0.25) is 0 Å². The maximum Gasteiger partial charge on any atom is 0.0513 e. The predicted octanol–water partition coefficient (Wildman–Crippen LogP) is 3.59. The van der Waals surface area contributed by atoms with Crippen LogP contribution < -0.4 is 5.32 Å². The van der Waals surface area contributed by atoms with Gasteiger partial charge in [0.05, 0.1) is 5.52 Å². The van der Waals surface area contributed by atoms with Crippen molar-refractivity contribution in [3.8, 4) is 0 Å². The van der Waals surface area contributed by atoms with Gasteiger partial charge in [0.25, 0.3) is 0 Å². The number of para-hydroxylation sites is 1. The Morgan fingerprint density at radius 3 is 2.84 bits per heavy atom. The first-order valence-electron chi connectivity index (χ1n) is 7.52. The number of likely N-dealkylation sites (N-methyl/N-ethyl adjacent to an activating group) is 1. The van der Waals surface area contributed by atoms with Crippen LogP contribution in [0, 0.1) is 5.92 Å². The van der Waals surface area contributed by atoms with Crippen LogP contribution in [0.5, 0.6) is 0 Å². The van der Waals surface area contributed by atoms with Crippen molar-refractivity contribution in [2.75, 3.05) is 7.05 Å². The molecular formula is C17H24N2. The topological polar surface area (TPSA) is 17.0 Å². The molecule has 1 unspecified atom stereocenters. The van der Waals surface area contributed by atoms with E-state index in [9.17, 15) is 0 Å². The Bertz CT molecular complexity index is 551. The van der Waals surface area contributed by atoms with E-state index in [1.54, 1.807) is 0 Å². The highest BCUT2D eigenvalue weighted by molar-refractivity contribution is 5.83. The molecule has 1 aliphatic rings. The van der Waals surface area contributed by atoms with Gasteiger partial charge < -0.3 is 9.88 Å². The van der Waals surface area contributed by atoms with Gasteiger partial charge in [-0.2, -0.15) is 0 Å². The van der Waals surface area contributed by atoms with Crippen molar-refractivity contribution in [2.45, 2.75) is 45.2 Å². The quantitative estimate of drug-likeness (QED) is 0.865. The molecule has 1 atom stereocenters. The molecule has 1 aromatic carbocycles. The SMILES string of the molecule is CNC(C)Cc1cccc2ccn(CC3CCC3)c12. The van der Waals surface area contributed by atoms with Crippen molar-refractivity contribution in [1.29, 1.82) is 0 Å². The molecule has 0 aliphatic heterocycles. The van der Waals surface area contributed by atoms with Crippen LogP contribution in [0.3, 0.4) is 0 Å². The molecule has 2 aromatic rings. The Hall–Kier alpha value is -1.28. The van der Waals surface area contributed by atoms with Crippen LogP contribution in [0.2, 0.25) is 0 Å². The summed E-state index contributed by atoms with van der Waals surface area (Å²) in [6.45, 7) is 3.45. The second kappa shape index (κ2) is 5.38. The minimum Gasteiger partial charge on any atom is -0.347 e. The third-order valence-corrected chi connectivity index (χ3v) is 4.57. The molecule has 19 heavy (non-hydrogen) atoms. The predicted molar refractivity (Wildman–Crippen MR) is 81.5 cm³/mol. The van der Waals surface area contributed by atoms with Crippen molar-refractivity contribution < 1.29 is 0 Å². The van der Waals surface area contributed by atoms with Gasteiger partial charge in [-0.15, -0.1) is 0 Å². The summed E-state index contributed by atoms with van der Waals surface area (Å²) in [7, 11) is 2.04. The summed E-state index contributed by atoms with van der Waals surface area (Å²) in [6.07, 6.45) is 7.62. The number of rotatable bonds is 5. The molecule has 2 heteroatoms. The minimum atomic E-state index is 0.526. The zero-order valence-electron chi connectivity index (χ0n) is 12.0. The van der Waals surface area contributed by atoms with Gasteiger partial charge in [-0.25, -0.2) is 0 Å². The summed E-state index contributed by atoms with van der Waals surface area (Å²) < 4.78 is 2.48. The summed E-state index contributed by atoms with van der Waals surface area (Å²) in [5.74, 6) is 0.908. The molecule has 0 amide bonds. The van der Waals surface area contributed by atoms with Crippen LogP contribution in [0.25, 0.3) is 10.9 Å². The highest BCUT2D eigenvalue weighted by Gasteiger charge is 2.19. The fourth-order valence-corrected chi connectivity index (χ4v) is 3.04. The standard InChI is InChI=1S/C17H24N2/c1-13(18-2)11-16-8-4-7-15-9-10-19(17(15)16)12-14-5-3-6-14/h4,7-10,13-14,18H,3,5-6,11-12H2,1-2H3. The molecule has 2 nitrogen and oxygen atoms in total. The van der Waals surface area contributed by atoms with Crippen molar-refractivity contribution in [1.82, 2.24) is 9.88 Å². The van der Waals surface area contributed by atoms with Crippen LogP contribution in [-0.4, -0.2) is 17.7 Å². The zero-order chi connectivity index (χ0) is 13.2. The molecule has 1 N–H and O–H groups in total. The van der Waals surface area contributed by atoms with Crippen LogP contribution in [0.1, 0.15) is 31.7 Å². The molecule has 1 aromatic heterocycles. The fraction of sp³-hybridized carbons (Fsp3) is 0.529. The van der Waals surface area contributed by atoms with Crippen LogP contribution in [0.15, 0.2) is 30.5 Å². The third kappa shape index (κ3) is 2.55. The number of nitrogens with one attached hydrogen (secondary N) is 1. The van der Waals surface area contributed by atoms with Gasteiger partial charge in [-0.05, 0) is 56.2 Å². The van der Waals surface area contributed by atoms with E-state index in [1.165, 1.54) is 42.3 Å². The molecule has 102 valence electrons. The number of benzene rings is 1. The van der Waals surface area contributed by atoms with E-state index >= 15 is 0 Å². The Kier molecular flexibility index (Phi) is 3.61. The molecule has 0 spiro atoms. The lowest BCUT2D eigenvalue weighted by molar-refractivity contribution is 0.279. The van der Waals surface area contributed by atoms with Gasteiger partial charge in [-0.3, -0.25) is 0 Å². The summed E-state index contributed by atoms with van der Waals surface area (Å²) in [5, 5.41) is 4.73. The normalized spacial score (nSPS) is 17.6. The monoisotopic (exact) mass is 256 g/mol. The molecule has 0 saturated heterocycles. The van der Waals surface area contributed by atoms with Crippen LogP contribution >= 0.6 is 0 Å². The highest BCUT2D eigenvalue weighted by Crippen LogP contribution is 2.30. The second-order valence-corrected chi connectivity index (χ2v) is 6.01. The summed E-state index contributed by atoms with van der Waals surface area (Å²) >= 11 is 0. The van der Waals surface area contributed by atoms with E-state index in [0.29, 0.717) is 6.04 Å². The fourth-order valence-electron chi connectivity index (χ4n) is 3.04. The molecule has 0 radical (unpaired) electrons. The summed E-state index contributed by atoms with van der Waals surface area (Å²) in [5.41, 5.74) is 2.93. The number of hydrogen-bond donors (Lipinski definition) is 1. The first-order chi connectivity index (χ1) is 9.28. The minimum absolute atomic E-state index is 0.526. The highest BCUT2D eigenvalue weighted by atomic mass is 15.0. The Morgan fingerprint density at radius 2 is 2.16 bits per heavy atom. The van der Waals surface area contributed by atoms with E-state index in [0.717, 1.165) is 12.3 Å². The molecular weight excluding hydrogens is 232 g/mol.